The average Bonchev–Trinajstić information content (AvgIpc) is 2.80. The molecular formula is C20H24ClN5O3S. The fourth-order valence-corrected chi connectivity index (χ4v) is 5.58. The van der Waals surface area contributed by atoms with Gasteiger partial charge < -0.3 is 9.80 Å². The van der Waals surface area contributed by atoms with Crippen molar-refractivity contribution >= 4 is 33.3 Å². The SMILES string of the molecule is O=C(C1CCN(S(=O)(=O)c2ccc(Cl)cc2)CC1)N1CCN(c2ccncn2)CC1. The van der Waals surface area contributed by atoms with Gasteiger partial charge in [-0.25, -0.2) is 18.4 Å². The molecule has 8 nitrogen and oxygen atoms in total. The van der Waals surface area contributed by atoms with Gasteiger partial charge in [-0.05, 0) is 43.2 Å². The van der Waals surface area contributed by atoms with Crippen molar-refractivity contribution in [3.63, 3.8) is 0 Å². The zero-order valence-corrected chi connectivity index (χ0v) is 18.1. The van der Waals surface area contributed by atoms with Gasteiger partial charge in [0.25, 0.3) is 0 Å². The van der Waals surface area contributed by atoms with E-state index in [1.54, 1.807) is 18.3 Å². The minimum atomic E-state index is -3.56. The van der Waals surface area contributed by atoms with Gasteiger partial charge in [0.05, 0.1) is 4.90 Å². The zero-order valence-electron chi connectivity index (χ0n) is 16.5. The number of benzene rings is 1. The number of halogens is 1. The predicted molar refractivity (Wildman–Crippen MR) is 114 cm³/mol. The van der Waals surface area contributed by atoms with Crippen LogP contribution in [0.1, 0.15) is 12.8 Å². The van der Waals surface area contributed by atoms with Crippen molar-refractivity contribution in [1.82, 2.24) is 19.2 Å². The van der Waals surface area contributed by atoms with Gasteiger partial charge in [0.2, 0.25) is 15.9 Å². The molecule has 2 aliphatic heterocycles. The lowest BCUT2D eigenvalue weighted by atomic mass is 9.96. The van der Waals surface area contributed by atoms with Gasteiger partial charge in [-0.2, -0.15) is 4.31 Å². The molecule has 0 unspecified atom stereocenters. The first-order valence-electron chi connectivity index (χ1n) is 10.0. The maximum absolute atomic E-state index is 13.0. The zero-order chi connectivity index (χ0) is 21.1. The van der Waals surface area contributed by atoms with E-state index in [-0.39, 0.29) is 16.7 Å². The molecule has 1 aromatic carbocycles. The number of piperidine rings is 1. The maximum Gasteiger partial charge on any atom is 0.243 e. The number of rotatable bonds is 4. The lowest BCUT2D eigenvalue weighted by Crippen LogP contribution is -2.52. The van der Waals surface area contributed by atoms with E-state index >= 15 is 0 Å². The summed E-state index contributed by atoms with van der Waals surface area (Å²) >= 11 is 5.86. The molecule has 1 amide bonds. The van der Waals surface area contributed by atoms with Crippen LogP contribution in [0.25, 0.3) is 0 Å². The number of aromatic nitrogens is 2. The second kappa shape index (κ2) is 8.87. The van der Waals surface area contributed by atoms with Crippen LogP contribution in [0.15, 0.2) is 47.8 Å². The van der Waals surface area contributed by atoms with Crippen molar-refractivity contribution in [2.75, 3.05) is 44.2 Å². The van der Waals surface area contributed by atoms with Crippen molar-refractivity contribution in [3.8, 4) is 0 Å². The molecule has 0 saturated carbocycles. The van der Waals surface area contributed by atoms with Gasteiger partial charge in [0, 0.05) is 56.4 Å². The number of carbonyl (C=O) groups excluding carboxylic acids is 1. The first-order chi connectivity index (χ1) is 14.4. The van der Waals surface area contributed by atoms with Crippen LogP contribution >= 0.6 is 11.6 Å². The molecule has 10 heteroatoms. The Morgan fingerprint density at radius 1 is 0.967 bits per heavy atom. The Morgan fingerprint density at radius 3 is 2.23 bits per heavy atom. The monoisotopic (exact) mass is 449 g/mol. The van der Waals surface area contributed by atoms with Gasteiger partial charge in [0.15, 0.2) is 0 Å². The summed E-state index contributed by atoms with van der Waals surface area (Å²) < 4.78 is 27.1. The van der Waals surface area contributed by atoms with Crippen LogP contribution in [0.3, 0.4) is 0 Å². The number of amides is 1. The predicted octanol–water partition coefficient (Wildman–Crippen LogP) is 1.88. The van der Waals surface area contributed by atoms with Crippen molar-refractivity contribution < 1.29 is 13.2 Å². The Morgan fingerprint density at radius 2 is 1.63 bits per heavy atom. The Hall–Kier alpha value is -2.23. The van der Waals surface area contributed by atoms with Crippen LogP contribution in [0, 0.1) is 5.92 Å². The van der Waals surface area contributed by atoms with E-state index in [4.69, 9.17) is 11.6 Å². The maximum atomic E-state index is 13.0. The number of anilines is 1. The molecule has 2 saturated heterocycles. The molecule has 160 valence electrons. The molecule has 2 fully saturated rings. The smallest absolute Gasteiger partial charge is 0.243 e. The average molecular weight is 450 g/mol. The van der Waals surface area contributed by atoms with E-state index in [1.165, 1.54) is 22.8 Å². The second-order valence-corrected chi connectivity index (χ2v) is 9.89. The van der Waals surface area contributed by atoms with Crippen LogP contribution in [-0.4, -0.2) is 72.8 Å². The highest BCUT2D eigenvalue weighted by molar-refractivity contribution is 7.89. The molecule has 4 rings (SSSR count). The van der Waals surface area contributed by atoms with Gasteiger partial charge in [0.1, 0.15) is 12.1 Å². The summed E-state index contributed by atoms with van der Waals surface area (Å²) in [4.78, 5) is 25.4. The summed E-state index contributed by atoms with van der Waals surface area (Å²) in [6, 6.07) is 8.06. The normalized spacial score (nSPS) is 19.1. The third kappa shape index (κ3) is 4.43. The first-order valence-corrected chi connectivity index (χ1v) is 11.8. The van der Waals surface area contributed by atoms with Gasteiger partial charge in [-0.3, -0.25) is 4.79 Å². The molecular weight excluding hydrogens is 426 g/mol. The Bertz CT molecular complexity index is 971. The molecule has 1 aromatic heterocycles. The lowest BCUT2D eigenvalue weighted by molar-refractivity contribution is -0.137. The molecule has 2 aliphatic rings. The third-order valence-corrected chi connectivity index (χ3v) is 7.90. The first kappa shape index (κ1) is 21.0. The van der Waals surface area contributed by atoms with Crippen LogP contribution in [0.5, 0.6) is 0 Å². The summed E-state index contributed by atoms with van der Waals surface area (Å²) in [6.07, 6.45) is 4.32. The quantitative estimate of drug-likeness (QED) is 0.708. The standard InChI is InChI=1S/C20H24ClN5O3S/c21-17-1-3-18(4-2-17)30(28,29)26-9-6-16(7-10-26)20(27)25-13-11-24(12-14-25)19-5-8-22-15-23-19/h1-5,8,15-16H,6-7,9-14H2. The minimum absolute atomic E-state index is 0.126. The summed E-state index contributed by atoms with van der Waals surface area (Å²) in [7, 11) is -3.56. The van der Waals surface area contributed by atoms with Crippen LogP contribution in [-0.2, 0) is 14.8 Å². The molecule has 0 radical (unpaired) electrons. The number of hydrogen-bond acceptors (Lipinski definition) is 6. The van der Waals surface area contributed by atoms with Gasteiger partial charge >= 0.3 is 0 Å². The number of sulfonamides is 1. The lowest BCUT2D eigenvalue weighted by Gasteiger charge is -2.38. The van der Waals surface area contributed by atoms with E-state index in [2.05, 4.69) is 14.9 Å². The number of nitrogens with zero attached hydrogens (tertiary/aromatic N) is 5. The summed E-state index contributed by atoms with van der Waals surface area (Å²) in [5.41, 5.74) is 0. The van der Waals surface area contributed by atoms with Gasteiger partial charge in [-0.1, -0.05) is 11.6 Å². The van der Waals surface area contributed by atoms with Crippen molar-refractivity contribution in [1.29, 1.82) is 0 Å². The van der Waals surface area contributed by atoms with Gasteiger partial charge in [-0.15, -0.1) is 0 Å². The van der Waals surface area contributed by atoms with Crippen molar-refractivity contribution in [2.45, 2.75) is 17.7 Å². The number of piperazine rings is 1. The number of hydrogen-bond donors (Lipinski definition) is 0. The van der Waals surface area contributed by atoms with E-state index < -0.39 is 10.0 Å². The Labute approximate surface area is 181 Å². The van der Waals surface area contributed by atoms with E-state index in [1.807, 2.05) is 11.0 Å². The molecule has 2 aromatic rings. The van der Waals surface area contributed by atoms with Crippen LogP contribution in [0.2, 0.25) is 5.02 Å². The molecule has 0 bridgehead atoms. The Kier molecular flexibility index (Phi) is 6.21. The fourth-order valence-electron chi connectivity index (χ4n) is 3.98. The molecule has 0 aliphatic carbocycles. The van der Waals surface area contributed by atoms with Crippen LogP contribution in [0.4, 0.5) is 5.82 Å². The fraction of sp³-hybridized carbons (Fsp3) is 0.450. The summed E-state index contributed by atoms with van der Waals surface area (Å²) in [6.45, 7) is 3.45. The molecule has 30 heavy (non-hydrogen) atoms. The van der Waals surface area contributed by atoms with E-state index in [9.17, 15) is 13.2 Å². The van der Waals surface area contributed by atoms with Crippen molar-refractivity contribution in [2.24, 2.45) is 5.92 Å². The molecule has 0 spiro atoms. The summed E-state index contributed by atoms with van der Waals surface area (Å²) in [5, 5.41) is 0.498. The molecule has 3 heterocycles. The second-order valence-electron chi connectivity index (χ2n) is 7.51. The highest BCUT2D eigenvalue weighted by Crippen LogP contribution is 2.26. The third-order valence-electron chi connectivity index (χ3n) is 5.74. The minimum Gasteiger partial charge on any atom is -0.353 e. The van der Waals surface area contributed by atoms with E-state index in [0.717, 1.165) is 18.9 Å². The van der Waals surface area contributed by atoms with E-state index in [0.29, 0.717) is 44.0 Å². The molecule has 0 N–H and O–H groups in total. The highest BCUT2D eigenvalue weighted by Gasteiger charge is 2.34. The van der Waals surface area contributed by atoms with Crippen molar-refractivity contribution in [3.05, 3.63) is 47.9 Å². The number of carbonyl (C=O) groups is 1. The van der Waals surface area contributed by atoms with Crippen LogP contribution < -0.4 is 4.90 Å². The molecule has 0 atom stereocenters. The highest BCUT2D eigenvalue weighted by atomic mass is 35.5. The Balaban J connectivity index is 1.31. The topological polar surface area (TPSA) is 86.7 Å². The largest absolute Gasteiger partial charge is 0.353 e. The summed E-state index contributed by atoms with van der Waals surface area (Å²) in [5.74, 6) is 0.867.